The van der Waals surface area contributed by atoms with E-state index in [4.69, 9.17) is 4.74 Å². The average molecular weight is 621 g/mol. The van der Waals surface area contributed by atoms with Crippen LogP contribution in [0, 0.1) is 3.57 Å². The minimum absolute atomic E-state index is 0.153. The molecule has 0 aliphatic carbocycles. The molecule has 7 heteroatoms. The molecule has 5 nitrogen and oxygen atoms in total. The summed E-state index contributed by atoms with van der Waals surface area (Å²) in [6.45, 7) is 2.50. The first kappa shape index (κ1) is 25.2. The van der Waals surface area contributed by atoms with E-state index in [2.05, 4.69) is 43.8 Å². The Morgan fingerprint density at radius 2 is 1.70 bits per heavy atom. The van der Waals surface area contributed by atoms with Gasteiger partial charge in [0.15, 0.2) is 6.61 Å². The van der Waals surface area contributed by atoms with Crippen molar-refractivity contribution in [3.05, 3.63) is 98.0 Å². The van der Waals surface area contributed by atoms with Crippen LogP contribution in [-0.4, -0.2) is 35.9 Å². The molecule has 1 atom stereocenters. The predicted octanol–water partition coefficient (Wildman–Crippen LogP) is 5.21. The molecule has 0 heterocycles. The highest BCUT2D eigenvalue weighted by atomic mass is 127. The van der Waals surface area contributed by atoms with Crippen molar-refractivity contribution in [2.24, 2.45) is 0 Å². The minimum atomic E-state index is -0.667. The topological polar surface area (TPSA) is 58.6 Å². The highest BCUT2D eigenvalue weighted by Gasteiger charge is 2.30. The van der Waals surface area contributed by atoms with Crippen LogP contribution in [0.25, 0.3) is 0 Å². The first-order chi connectivity index (χ1) is 16.0. The van der Waals surface area contributed by atoms with Crippen LogP contribution in [0.3, 0.4) is 0 Å². The van der Waals surface area contributed by atoms with E-state index in [0.29, 0.717) is 25.3 Å². The maximum Gasteiger partial charge on any atom is 0.261 e. The Kier molecular flexibility index (Phi) is 9.75. The molecule has 1 N–H and O–H groups in total. The number of likely N-dealkylation sites (N-methyl/N-ethyl adjacent to an activating group) is 1. The Morgan fingerprint density at radius 3 is 2.36 bits per heavy atom. The van der Waals surface area contributed by atoms with Crippen LogP contribution in [0.1, 0.15) is 18.1 Å². The number of nitrogens with zero attached hydrogens (tertiary/aromatic N) is 1. The van der Waals surface area contributed by atoms with Gasteiger partial charge in [0.1, 0.15) is 11.8 Å². The quantitative estimate of drug-likeness (QED) is 0.317. The second kappa shape index (κ2) is 12.7. The molecule has 33 heavy (non-hydrogen) atoms. The molecule has 0 radical (unpaired) electrons. The zero-order valence-corrected chi connectivity index (χ0v) is 22.1. The molecule has 0 unspecified atom stereocenters. The van der Waals surface area contributed by atoms with Crippen molar-refractivity contribution in [1.29, 1.82) is 0 Å². The van der Waals surface area contributed by atoms with Crippen molar-refractivity contribution in [2.75, 3.05) is 13.2 Å². The van der Waals surface area contributed by atoms with E-state index in [9.17, 15) is 9.59 Å². The van der Waals surface area contributed by atoms with Gasteiger partial charge in [-0.05, 0) is 77.0 Å². The molecule has 3 aromatic carbocycles. The maximum atomic E-state index is 13.4. The van der Waals surface area contributed by atoms with Crippen molar-refractivity contribution in [2.45, 2.75) is 25.9 Å². The van der Waals surface area contributed by atoms with E-state index in [-0.39, 0.29) is 18.4 Å². The fourth-order valence-corrected chi connectivity index (χ4v) is 4.24. The Balaban J connectivity index is 1.88. The SMILES string of the molecule is CCNC(=O)[C@H](Cc1ccccc1)N(Cc1cccc(Br)c1)C(=O)COc1ccc(I)cc1. The lowest BCUT2D eigenvalue weighted by Crippen LogP contribution is -2.51. The smallest absolute Gasteiger partial charge is 0.261 e. The normalized spacial score (nSPS) is 11.5. The highest BCUT2D eigenvalue weighted by molar-refractivity contribution is 14.1. The summed E-state index contributed by atoms with van der Waals surface area (Å²) in [5.74, 6) is 0.184. The van der Waals surface area contributed by atoms with Crippen molar-refractivity contribution in [3.8, 4) is 5.75 Å². The van der Waals surface area contributed by atoms with Crippen LogP contribution >= 0.6 is 38.5 Å². The number of rotatable bonds is 10. The monoisotopic (exact) mass is 620 g/mol. The minimum Gasteiger partial charge on any atom is -0.484 e. The molecule has 0 saturated heterocycles. The Morgan fingerprint density at radius 1 is 1.00 bits per heavy atom. The van der Waals surface area contributed by atoms with Gasteiger partial charge in [-0.1, -0.05) is 58.4 Å². The van der Waals surface area contributed by atoms with Crippen LogP contribution < -0.4 is 10.1 Å². The largest absolute Gasteiger partial charge is 0.484 e. The molecule has 0 bridgehead atoms. The molecular weight excluding hydrogens is 595 g/mol. The number of halogens is 2. The summed E-state index contributed by atoms with van der Waals surface area (Å²) in [4.78, 5) is 28.1. The van der Waals surface area contributed by atoms with Crippen LogP contribution in [0.5, 0.6) is 5.75 Å². The summed E-state index contributed by atoms with van der Waals surface area (Å²) in [7, 11) is 0. The highest BCUT2D eigenvalue weighted by Crippen LogP contribution is 2.19. The number of nitrogens with one attached hydrogen (secondary N) is 1. The van der Waals surface area contributed by atoms with Crippen LogP contribution in [0.4, 0.5) is 0 Å². The first-order valence-corrected chi connectivity index (χ1v) is 12.6. The zero-order chi connectivity index (χ0) is 23.6. The maximum absolute atomic E-state index is 13.4. The molecule has 0 aliphatic heterocycles. The number of amides is 2. The number of hydrogen-bond acceptors (Lipinski definition) is 3. The van der Waals surface area contributed by atoms with Crippen molar-refractivity contribution < 1.29 is 14.3 Å². The third-order valence-electron chi connectivity index (χ3n) is 5.04. The van der Waals surface area contributed by atoms with E-state index in [1.165, 1.54) is 0 Å². The molecule has 0 aliphatic rings. The van der Waals surface area contributed by atoms with Gasteiger partial charge in [-0.15, -0.1) is 0 Å². The van der Waals surface area contributed by atoms with Gasteiger partial charge in [0, 0.05) is 27.6 Å². The molecule has 2 amide bonds. The van der Waals surface area contributed by atoms with Gasteiger partial charge in [-0.2, -0.15) is 0 Å². The lowest BCUT2D eigenvalue weighted by molar-refractivity contribution is -0.142. The molecule has 0 spiro atoms. The van der Waals surface area contributed by atoms with Gasteiger partial charge in [-0.3, -0.25) is 9.59 Å². The Labute approximate surface area is 216 Å². The van der Waals surface area contributed by atoms with Crippen molar-refractivity contribution in [1.82, 2.24) is 10.2 Å². The van der Waals surface area contributed by atoms with E-state index in [0.717, 1.165) is 19.2 Å². The van der Waals surface area contributed by atoms with Crippen LogP contribution in [0.2, 0.25) is 0 Å². The van der Waals surface area contributed by atoms with Gasteiger partial charge in [0.2, 0.25) is 5.91 Å². The third kappa shape index (κ3) is 7.85. The molecule has 0 aromatic heterocycles. The van der Waals surface area contributed by atoms with E-state index in [1.807, 2.05) is 85.8 Å². The van der Waals surface area contributed by atoms with Gasteiger partial charge < -0.3 is 15.0 Å². The second-order valence-electron chi connectivity index (χ2n) is 7.49. The van der Waals surface area contributed by atoms with Gasteiger partial charge in [0.05, 0.1) is 0 Å². The molecule has 3 rings (SSSR count). The second-order valence-corrected chi connectivity index (χ2v) is 9.66. The number of carbonyl (C=O) groups is 2. The van der Waals surface area contributed by atoms with Gasteiger partial charge in [0.25, 0.3) is 5.91 Å². The summed E-state index contributed by atoms with van der Waals surface area (Å²) in [5.41, 5.74) is 1.91. The van der Waals surface area contributed by atoms with E-state index in [1.54, 1.807) is 4.90 Å². The van der Waals surface area contributed by atoms with Crippen LogP contribution in [-0.2, 0) is 22.6 Å². The molecule has 0 saturated carbocycles. The lowest BCUT2D eigenvalue weighted by Gasteiger charge is -2.31. The van der Waals surface area contributed by atoms with Gasteiger partial charge >= 0.3 is 0 Å². The predicted molar refractivity (Wildman–Crippen MR) is 142 cm³/mol. The van der Waals surface area contributed by atoms with Crippen molar-refractivity contribution >= 4 is 50.3 Å². The van der Waals surface area contributed by atoms with E-state index >= 15 is 0 Å². The summed E-state index contributed by atoms with van der Waals surface area (Å²) < 4.78 is 7.77. The number of benzene rings is 3. The standard InChI is InChI=1S/C26H26BrIN2O3/c1-2-29-26(32)24(16-19-7-4-3-5-8-19)30(17-20-9-6-10-21(27)15-20)25(31)18-33-23-13-11-22(28)12-14-23/h3-15,24H,2,16-18H2,1H3,(H,29,32)/t24-/m0/s1. The average Bonchev–Trinajstić information content (AvgIpc) is 2.81. The lowest BCUT2D eigenvalue weighted by atomic mass is 10.0. The van der Waals surface area contributed by atoms with Gasteiger partial charge in [-0.25, -0.2) is 0 Å². The van der Waals surface area contributed by atoms with Crippen molar-refractivity contribution in [3.63, 3.8) is 0 Å². The number of carbonyl (C=O) groups excluding carboxylic acids is 2. The molecule has 3 aromatic rings. The fourth-order valence-electron chi connectivity index (χ4n) is 3.44. The number of ether oxygens (including phenoxy) is 1. The van der Waals surface area contributed by atoms with E-state index < -0.39 is 6.04 Å². The third-order valence-corrected chi connectivity index (χ3v) is 6.25. The Hall–Kier alpha value is -2.39. The molecule has 0 fully saturated rings. The zero-order valence-electron chi connectivity index (χ0n) is 18.3. The summed E-state index contributed by atoms with van der Waals surface area (Å²) in [6, 6.07) is 24.3. The number of hydrogen-bond donors (Lipinski definition) is 1. The summed E-state index contributed by atoms with van der Waals surface area (Å²) >= 11 is 5.71. The molecular formula is C26H26BrIN2O3. The fraction of sp³-hybridized carbons (Fsp3) is 0.231. The Bertz CT molecular complexity index is 1060. The summed E-state index contributed by atoms with van der Waals surface area (Å²) in [5, 5.41) is 2.89. The first-order valence-electron chi connectivity index (χ1n) is 10.7. The summed E-state index contributed by atoms with van der Waals surface area (Å²) in [6.07, 6.45) is 0.413. The van der Waals surface area contributed by atoms with Crippen LogP contribution in [0.15, 0.2) is 83.3 Å². The molecule has 172 valence electrons.